The highest BCUT2D eigenvalue weighted by atomic mass is 35.5. The predicted octanol–water partition coefficient (Wildman–Crippen LogP) is 6.07. The molecule has 0 aliphatic carbocycles. The summed E-state index contributed by atoms with van der Waals surface area (Å²) in [6, 6.07) is 27.6. The third-order valence-corrected chi connectivity index (χ3v) is 7.79. The lowest BCUT2D eigenvalue weighted by Crippen LogP contribution is -2.38. The van der Waals surface area contributed by atoms with Crippen molar-refractivity contribution >= 4 is 38.9 Å². The summed E-state index contributed by atoms with van der Waals surface area (Å²) in [5.74, 6) is 0.510. The van der Waals surface area contributed by atoms with Gasteiger partial charge in [-0.15, -0.1) is 0 Å². The van der Waals surface area contributed by atoms with E-state index in [2.05, 4.69) is 5.32 Å². The third kappa shape index (κ3) is 6.65. The Morgan fingerprint density at radius 1 is 0.921 bits per heavy atom. The Kier molecular flexibility index (Phi) is 8.55. The summed E-state index contributed by atoms with van der Waals surface area (Å²) in [5, 5.41) is 2.98. The topological polar surface area (TPSA) is 84.9 Å². The number of anilines is 2. The number of hydrogen-bond donors (Lipinski definition) is 1. The molecule has 38 heavy (non-hydrogen) atoms. The molecule has 1 N–H and O–H groups in total. The number of hydrogen-bond acceptors (Lipinski definition) is 5. The summed E-state index contributed by atoms with van der Waals surface area (Å²) < 4.78 is 39.2. The van der Waals surface area contributed by atoms with E-state index in [0.717, 1.165) is 15.4 Å². The Bertz CT molecular complexity index is 1490. The maximum absolute atomic E-state index is 13.6. The molecular weight excluding hydrogens is 524 g/mol. The number of amides is 1. The minimum absolute atomic E-state index is 0.0581. The van der Waals surface area contributed by atoms with Crippen molar-refractivity contribution in [3.8, 4) is 11.5 Å². The fourth-order valence-electron chi connectivity index (χ4n) is 3.67. The zero-order valence-corrected chi connectivity index (χ0v) is 22.5. The standard InChI is InChI=1S/C29H27ClN2O5S/c1-21-8-15-26(16-9-21)38(34,35)32(24-12-17-28(36-2)27(30)18-24)19-29(33)31-23-10-13-25(14-11-23)37-20-22-6-4-3-5-7-22/h3-18H,19-20H2,1-2H3,(H,31,33). The molecule has 0 fully saturated rings. The number of rotatable bonds is 10. The zero-order valence-electron chi connectivity index (χ0n) is 20.9. The molecule has 4 aromatic rings. The van der Waals surface area contributed by atoms with Gasteiger partial charge in [-0.1, -0.05) is 59.6 Å². The van der Waals surface area contributed by atoms with Crippen LogP contribution >= 0.6 is 11.6 Å². The summed E-state index contributed by atoms with van der Waals surface area (Å²) in [6.07, 6.45) is 0. The Labute approximate surface area is 227 Å². The van der Waals surface area contributed by atoms with Gasteiger partial charge in [0.2, 0.25) is 5.91 Å². The van der Waals surface area contributed by atoms with Gasteiger partial charge in [-0.25, -0.2) is 8.42 Å². The van der Waals surface area contributed by atoms with Gasteiger partial charge in [0.25, 0.3) is 10.0 Å². The number of nitrogens with one attached hydrogen (secondary N) is 1. The lowest BCUT2D eigenvalue weighted by Gasteiger charge is -2.24. The van der Waals surface area contributed by atoms with E-state index < -0.39 is 22.5 Å². The van der Waals surface area contributed by atoms with Crippen LogP contribution in [0.15, 0.2) is 102 Å². The molecule has 0 spiro atoms. The van der Waals surface area contributed by atoms with Crippen molar-refractivity contribution in [3.63, 3.8) is 0 Å². The van der Waals surface area contributed by atoms with Gasteiger partial charge in [-0.2, -0.15) is 0 Å². The molecule has 0 radical (unpaired) electrons. The van der Waals surface area contributed by atoms with Crippen LogP contribution < -0.4 is 19.1 Å². The van der Waals surface area contributed by atoms with E-state index in [-0.39, 0.29) is 15.6 Å². The van der Waals surface area contributed by atoms with E-state index in [4.69, 9.17) is 21.1 Å². The van der Waals surface area contributed by atoms with Crippen LogP contribution in [0.4, 0.5) is 11.4 Å². The van der Waals surface area contributed by atoms with Crippen LogP contribution in [0.5, 0.6) is 11.5 Å². The number of nitrogens with zero attached hydrogens (tertiary/aromatic N) is 1. The number of sulfonamides is 1. The second-order valence-corrected chi connectivity index (χ2v) is 10.8. The molecule has 0 aliphatic rings. The molecule has 4 rings (SSSR count). The largest absolute Gasteiger partial charge is 0.495 e. The van der Waals surface area contributed by atoms with Crippen LogP contribution in [0, 0.1) is 6.92 Å². The molecule has 0 heterocycles. The van der Waals surface area contributed by atoms with Crippen molar-refractivity contribution in [1.29, 1.82) is 0 Å². The second kappa shape index (κ2) is 12.0. The second-order valence-electron chi connectivity index (χ2n) is 8.49. The zero-order chi connectivity index (χ0) is 27.1. The molecule has 0 bridgehead atoms. The molecule has 0 saturated carbocycles. The molecule has 0 atom stereocenters. The highest BCUT2D eigenvalue weighted by molar-refractivity contribution is 7.92. The highest BCUT2D eigenvalue weighted by Gasteiger charge is 2.28. The quantitative estimate of drug-likeness (QED) is 0.259. The summed E-state index contributed by atoms with van der Waals surface area (Å²) in [6.45, 7) is 1.82. The number of aryl methyl sites for hydroxylation is 1. The van der Waals surface area contributed by atoms with Crippen molar-refractivity contribution in [2.24, 2.45) is 0 Å². The molecule has 0 unspecified atom stereocenters. The number of carbonyl (C=O) groups excluding carboxylic acids is 1. The van der Waals surface area contributed by atoms with Crippen molar-refractivity contribution < 1.29 is 22.7 Å². The number of halogens is 1. The van der Waals surface area contributed by atoms with Gasteiger partial charge >= 0.3 is 0 Å². The average molecular weight is 551 g/mol. The average Bonchev–Trinajstić information content (AvgIpc) is 2.92. The van der Waals surface area contributed by atoms with E-state index in [0.29, 0.717) is 23.8 Å². The number of ether oxygens (including phenoxy) is 2. The number of benzene rings is 4. The lowest BCUT2D eigenvalue weighted by molar-refractivity contribution is -0.114. The van der Waals surface area contributed by atoms with Gasteiger partial charge in [-0.05, 0) is 67.1 Å². The fourth-order valence-corrected chi connectivity index (χ4v) is 5.33. The molecule has 4 aromatic carbocycles. The predicted molar refractivity (Wildman–Crippen MR) is 150 cm³/mol. The first-order valence-electron chi connectivity index (χ1n) is 11.8. The van der Waals surface area contributed by atoms with Crippen molar-refractivity contribution in [1.82, 2.24) is 0 Å². The Balaban J connectivity index is 1.51. The van der Waals surface area contributed by atoms with Crippen molar-refractivity contribution in [2.75, 3.05) is 23.3 Å². The maximum Gasteiger partial charge on any atom is 0.264 e. The third-order valence-electron chi connectivity index (χ3n) is 5.71. The molecule has 0 saturated heterocycles. The summed E-state index contributed by atoms with van der Waals surface area (Å²) in [7, 11) is -2.62. The van der Waals surface area contributed by atoms with Gasteiger partial charge in [0.05, 0.1) is 22.7 Å². The van der Waals surface area contributed by atoms with Crippen LogP contribution in [0.25, 0.3) is 0 Å². The van der Waals surface area contributed by atoms with Crippen LogP contribution in [0.2, 0.25) is 5.02 Å². The molecule has 9 heteroatoms. The van der Waals surface area contributed by atoms with E-state index in [1.165, 1.54) is 25.3 Å². The fraction of sp³-hybridized carbons (Fsp3) is 0.138. The first-order valence-corrected chi connectivity index (χ1v) is 13.6. The molecular formula is C29H27ClN2O5S. The van der Waals surface area contributed by atoms with Crippen LogP contribution in [0.3, 0.4) is 0 Å². The van der Waals surface area contributed by atoms with Crippen LogP contribution in [-0.2, 0) is 21.4 Å². The van der Waals surface area contributed by atoms with Crippen molar-refractivity contribution in [2.45, 2.75) is 18.4 Å². The first kappa shape index (κ1) is 27.0. The molecule has 0 aliphatic heterocycles. The molecule has 196 valence electrons. The summed E-state index contributed by atoms with van der Waals surface area (Å²) >= 11 is 6.28. The molecule has 7 nitrogen and oxygen atoms in total. The molecule has 0 aromatic heterocycles. The monoisotopic (exact) mass is 550 g/mol. The minimum atomic E-state index is -4.08. The SMILES string of the molecule is COc1ccc(N(CC(=O)Nc2ccc(OCc3ccccc3)cc2)S(=O)(=O)c2ccc(C)cc2)cc1Cl. The van der Waals surface area contributed by atoms with E-state index in [1.54, 1.807) is 48.5 Å². The smallest absolute Gasteiger partial charge is 0.264 e. The van der Waals surface area contributed by atoms with Gasteiger partial charge in [0.1, 0.15) is 24.7 Å². The normalized spacial score (nSPS) is 11.0. The lowest BCUT2D eigenvalue weighted by atomic mass is 10.2. The Morgan fingerprint density at radius 2 is 1.61 bits per heavy atom. The Morgan fingerprint density at radius 3 is 2.24 bits per heavy atom. The van der Waals surface area contributed by atoms with E-state index >= 15 is 0 Å². The minimum Gasteiger partial charge on any atom is -0.495 e. The van der Waals surface area contributed by atoms with E-state index in [9.17, 15) is 13.2 Å². The maximum atomic E-state index is 13.6. The number of carbonyl (C=O) groups is 1. The molecule has 1 amide bonds. The van der Waals surface area contributed by atoms with Gasteiger partial charge < -0.3 is 14.8 Å². The Hall–Kier alpha value is -4.01. The first-order chi connectivity index (χ1) is 18.3. The van der Waals surface area contributed by atoms with Gasteiger partial charge in [-0.3, -0.25) is 9.10 Å². The van der Waals surface area contributed by atoms with Crippen LogP contribution in [-0.4, -0.2) is 28.0 Å². The summed E-state index contributed by atoms with van der Waals surface area (Å²) in [5.41, 5.74) is 2.69. The number of methoxy groups -OCH3 is 1. The highest BCUT2D eigenvalue weighted by Crippen LogP contribution is 2.32. The van der Waals surface area contributed by atoms with Gasteiger partial charge in [0, 0.05) is 5.69 Å². The van der Waals surface area contributed by atoms with Gasteiger partial charge in [0.15, 0.2) is 0 Å². The van der Waals surface area contributed by atoms with Crippen LogP contribution in [0.1, 0.15) is 11.1 Å². The van der Waals surface area contributed by atoms with E-state index in [1.807, 2.05) is 37.3 Å². The van der Waals surface area contributed by atoms with Crippen molar-refractivity contribution in [3.05, 3.63) is 113 Å². The summed E-state index contributed by atoms with van der Waals surface area (Å²) in [4.78, 5) is 13.1.